The summed E-state index contributed by atoms with van der Waals surface area (Å²) in [6.45, 7) is 4.28. The molecular formula is C13H15ClN2S2. The van der Waals surface area contributed by atoms with Crippen LogP contribution in [0.2, 0.25) is 5.02 Å². The summed E-state index contributed by atoms with van der Waals surface area (Å²) in [7, 11) is 0. The Labute approximate surface area is 120 Å². The van der Waals surface area contributed by atoms with E-state index in [1.165, 1.54) is 9.75 Å². The van der Waals surface area contributed by atoms with Crippen molar-refractivity contribution in [1.82, 2.24) is 10.2 Å². The predicted octanol–water partition coefficient (Wildman–Crippen LogP) is 3.46. The molecule has 0 spiro atoms. The summed E-state index contributed by atoms with van der Waals surface area (Å²) in [6.07, 6.45) is 0. The van der Waals surface area contributed by atoms with Gasteiger partial charge in [-0.2, -0.15) is 0 Å². The highest BCUT2D eigenvalue weighted by Gasteiger charge is 2.27. The zero-order valence-electron chi connectivity index (χ0n) is 9.93. The maximum Gasteiger partial charge on any atom is 0.0805 e. The van der Waals surface area contributed by atoms with Crippen LogP contribution in [-0.4, -0.2) is 31.1 Å². The van der Waals surface area contributed by atoms with Gasteiger partial charge in [-0.1, -0.05) is 17.7 Å². The molecule has 1 aliphatic rings. The van der Waals surface area contributed by atoms with Crippen LogP contribution in [0.5, 0.6) is 0 Å². The van der Waals surface area contributed by atoms with E-state index in [2.05, 4.69) is 33.1 Å². The van der Waals surface area contributed by atoms with Gasteiger partial charge in [-0.25, -0.2) is 0 Å². The van der Waals surface area contributed by atoms with E-state index in [9.17, 15) is 0 Å². The van der Waals surface area contributed by atoms with Gasteiger partial charge >= 0.3 is 0 Å². The van der Waals surface area contributed by atoms with Gasteiger partial charge in [0.05, 0.1) is 11.1 Å². The van der Waals surface area contributed by atoms with Crippen molar-refractivity contribution in [2.45, 2.75) is 6.04 Å². The summed E-state index contributed by atoms with van der Waals surface area (Å²) in [5.74, 6) is 0. The molecule has 1 aliphatic heterocycles. The van der Waals surface area contributed by atoms with Crippen molar-refractivity contribution >= 4 is 34.3 Å². The van der Waals surface area contributed by atoms with Gasteiger partial charge in [-0.05, 0) is 22.9 Å². The van der Waals surface area contributed by atoms with Crippen LogP contribution in [0.1, 0.15) is 15.8 Å². The molecule has 2 aromatic rings. The fraction of sp³-hybridized carbons (Fsp3) is 0.385. The number of thiophene rings is 2. The second-order valence-corrected chi connectivity index (χ2v) is 6.67. The monoisotopic (exact) mass is 298 g/mol. The van der Waals surface area contributed by atoms with Crippen molar-refractivity contribution < 1.29 is 0 Å². The minimum Gasteiger partial charge on any atom is -0.314 e. The molecule has 1 atom stereocenters. The lowest BCUT2D eigenvalue weighted by Gasteiger charge is -2.34. The van der Waals surface area contributed by atoms with Gasteiger partial charge in [-0.15, -0.1) is 22.7 Å². The van der Waals surface area contributed by atoms with E-state index < -0.39 is 0 Å². The van der Waals surface area contributed by atoms with E-state index in [4.69, 9.17) is 11.6 Å². The molecule has 3 heterocycles. The zero-order valence-corrected chi connectivity index (χ0v) is 12.3. The van der Waals surface area contributed by atoms with E-state index in [1.807, 2.05) is 17.4 Å². The molecule has 0 unspecified atom stereocenters. The van der Waals surface area contributed by atoms with E-state index >= 15 is 0 Å². The number of halogens is 1. The Morgan fingerprint density at radius 3 is 2.61 bits per heavy atom. The SMILES string of the molecule is Clc1ccsc1[C@H](c1cccs1)N1CCNCC1. The van der Waals surface area contributed by atoms with Crippen molar-refractivity contribution in [2.75, 3.05) is 26.2 Å². The van der Waals surface area contributed by atoms with Gasteiger partial charge in [-0.3, -0.25) is 4.90 Å². The molecule has 1 N–H and O–H groups in total. The molecule has 1 fully saturated rings. The van der Waals surface area contributed by atoms with Crippen LogP contribution in [0.15, 0.2) is 29.0 Å². The normalized spacial score (nSPS) is 18.9. The smallest absolute Gasteiger partial charge is 0.0805 e. The maximum absolute atomic E-state index is 6.34. The maximum atomic E-state index is 6.34. The van der Waals surface area contributed by atoms with Gasteiger partial charge < -0.3 is 5.32 Å². The molecule has 5 heteroatoms. The van der Waals surface area contributed by atoms with Crippen molar-refractivity contribution in [1.29, 1.82) is 0 Å². The minimum absolute atomic E-state index is 0.333. The topological polar surface area (TPSA) is 15.3 Å². The average molecular weight is 299 g/mol. The number of hydrogen-bond donors (Lipinski definition) is 1. The molecule has 18 heavy (non-hydrogen) atoms. The lowest BCUT2D eigenvalue weighted by Crippen LogP contribution is -2.45. The Kier molecular flexibility index (Phi) is 4.01. The van der Waals surface area contributed by atoms with Crippen molar-refractivity contribution in [3.8, 4) is 0 Å². The highest BCUT2D eigenvalue weighted by molar-refractivity contribution is 7.12. The van der Waals surface area contributed by atoms with Gasteiger partial charge in [0.25, 0.3) is 0 Å². The largest absolute Gasteiger partial charge is 0.314 e. The van der Waals surface area contributed by atoms with Crippen LogP contribution in [0, 0.1) is 0 Å². The summed E-state index contributed by atoms with van der Waals surface area (Å²) < 4.78 is 0. The zero-order chi connectivity index (χ0) is 12.4. The summed E-state index contributed by atoms with van der Waals surface area (Å²) in [4.78, 5) is 5.20. The molecule has 0 aliphatic carbocycles. The second kappa shape index (κ2) is 5.72. The number of hydrogen-bond acceptors (Lipinski definition) is 4. The second-order valence-electron chi connectivity index (χ2n) is 4.34. The van der Waals surface area contributed by atoms with Crippen LogP contribution in [-0.2, 0) is 0 Å². The van der Waals surface area contributed by atoms with Gasteiger partial charge in [0.15, 0.2) is 0 Å². The highest BCUT2D eigenvalue weighted by atomic mass is 35.5. The van der Waals surface area contributed by atoms with Gasteiger partial charge in [0.1, 0.15) is 0 Å². The fourth-order valence-corrected chi connectivity index (χ4v) is 4.62. The molecular weight excluding hydrogens is 284 g/mol. The summed E-state index contributed by atoms with van der Waals surface area (Å²) in [5, 5.41) is 8.54. The lowest BCUT2D eigenvalue weighted by atomic mass is 10.1. The molecule has 0 aromatic carbocycles. The fourth-order valence-electron chi connectivity index (χ4n) is 2.36. The number of rotatable bonds is 3. The molecule has 0 saturated carbocycles. The first kappa shape index (κ1) is 12.6. The van der Waals surface area contributed by atoms with E-state index in [0.717, 1.165) is 31.2 Å². The standard InChI is InChI=1S/C13H15ClN2S2/c14-10-3-9-18-13(10)12(11-2-1-8-17-11)16-6-4-15-5-7-16/h1-3,8-9,12,15H,4-7H2/t12-/m0/s1. The van der Waals surface area contributed by atoms with Crippen LogP contribution in [0.3, 0.4) is 0 Å². The Bertz CT molecular complexity index is 489. The molecule has 0 amide bonds. The first-order valence-corrected chi connectivity index (χ1v) is 8.21. The molecule has 1 saturated heterocycles. The Balaban J connectivity index is 1.96. The molecule has 3 rings (SSSR count). The lowest BCUT2D eigenvalue weighted by molar-refractivity contribution is 0.203. The highest BCUT2D eigenvalue weighted by Crippen LogP contribution is 2.38. The van der Waals surface area contributed by atoms with E-state index in [-0.39, 0.29) is 0 Å². The first-order chi connectivity index (χ1) is 8.86. The number of nitrogens with zero attached hydrogens (tertiary/aromatic N) is 1. The van der Waals surface area contributed by atoms with Gasteiger partial charge in [0, 0.05) is 35.9 Å². The van der Waals surface area contributed by atoms with E-state index in [1.54, 1.807) is 11.3 Å². The van der Waals surface area contributed by atoms with Crippen molar-refractivity contribution in [3.63, 3.8) is 0 Å². The van der Waals surface area contributed by atoms with Crippen LogP contribution in [0.4, 0.5) is 0 Å². The Hall–Kier alpha value is -0.390. The van der Waals surface area contributed by atoms with Gasteiger partial charge in [0.2, 0.25) is 0 Å². The minimum atomic E-state index is 0.333. The van der Waals surface area contributed by atoms with E-state index in [0.29, 0.717) is 6.04 Å². The number of nitrogens with one attached hydrogen (secondary N) is 1. The number of piperazine rings is 1. The first-order valence-electron chi connectivity index (χ1n) is 6.07. The molecule has 2 aromatic heterocycles. The Morgan fingerprint density at radius 1 is 1.17 bits per heavy atom. The van der Waals surface area contributed by atoms with Crippen molar-refractivity contribution in [3.05, 3.63) is 43.7 Å². The molecule has 0 radical (unpaired) electrons. The third-order valence-electron chi connectivity index (χ3n) is 3.22. The summed E-state index contributed by atoms with van der Waals surface area (Å²) >= 11 is 9.92. The Morgan fingerprint density at radius 2 is 2.00 bits per heavy atom. The predicted molar refractivity (Wildman–Crippen MR) is 79.9 cm³/mol. The molecule has 96 valence electrons. The van der Waals surface area contributed by atoms with Crippen LogP contribution < -0.4 is 5.32 Å². The summed E-state index contributed by atoms with van der Waals surface area (Å²) in [5.41, 5.74) is 0. The quantitative estimate of drug-likeness (QED) is 0.933. The third-order valence-corrected chi connectivity index (χ3v) is 5.56. The van der Waals surface area contributed by atoms with Crippen molar-refractivity contribution in [2.24, 2.45) is 0 Å². The average Bonchev–Trinajstić information content (AvgIpc) is 3.05. The molecule has 2 nitrogen and oxygen atoms in total. The summed E-state index contributed by atoms with van der Waals surface area (Å²) in [6, 6.07) is 6.67. The van der Waals surface area contributed by atoms with Crippen LogP contribution in [0.25, 0.3) is 0 Å². The van der Waals surface area contributed by atoms with Crippen LogP contribution >= 0.6 is 34.3 Å². The third kappa shape index (κ3) is 2.49. The molecule has 0 bridgehead atoms.